The second kappa shape index (κ2) is 5.83. The molecule has 1 aliphatic rings. The molecule has 2 aromatic rings. The topological polar surface area (TPSA) is 69.4 Å². The van der Waals surface area contributed by atoms with Crippen LogP contribution in [0.15, 0.2) is 48.5 Å². The summed E-state index contributed by atoms with van der Waals surface area (Å²) in [5.41, 5.74) is 0.875. The Balaban J connectivity index is 1.84. The Hall–Kier alpha value is -2.69. The normalized spacial score (nSPS) is 15.5. The molecule has 0 saturated heterocycles. The Morgan fingerprint density at radius 3 is 2.39 bits per heavy atom. The van der Waals surface area contributed by atoms with E-state index in [0.717, 1.165) is 24.8 Å². The van der Waals surface area contributed by atoms with Crippen LogP contribution >= 0.6 is 0 Å². The number of nitrogens with zero attached hydrogens (tertiary/aromatic N) is 1. The number of hydrogen-bond acceptors (Lipinski definition) is 4. The van der Waals surface area contributed by atoms with Crippen LogP contribution in [0.5, 0.6) is 5.75 Å². The fourth-order valence-electron chi connectivity index (χ4n) is 3.00. The van der Waals surface area contributed by atoms with Gasteiger partial charge in [-0.25, -0.2) is 0 Å². The average Bonchev–Trinajstić information content (AvgIpc) is 2.47. The van der Waals surface area contributed by atoms with Crippen LogP contribution in [-0.2, 0) is 10.2 Å². The summed E-state index contributed by atoms with van der Waals surface area (Å²) in [5.74, 6) is 0.0588. The van der Waals surface area contributed by atoms with Crippen molar-refractivity contribution in [3.05, 3.63) is 69.8 Å². The van der Waals surface area contributed by atoms with Gasteiger partial charge in [-0.05, 0) is 37.5 Å². The van der Waals surface area contributed by atoms with Gasteiger partial charge in [0.15, 0.2) is 0 Å². The van der Waals surface area contributed by atoms with Gasteiger partial charge in [0.2, 0.25) is 0 Å². The fourth-order valence-corrected chi connectivity index (χ4v) is 3.00. The van der Waals surface area contributed by atoms with Gasteiger partial charge in [0.1, 0.15) is 5.75 Å². The average molecular weight is 311 g/mol. The zero-order chi connectivity index (χ0) is 16.4. The predicted molar refractivity (Wildman–Crippen MR) is 85.4 cm³/mol. The quantitative estimate of drug-likeness (QED) is 0.371. The highest BCUT2D eigenvalue weighted by Gasteiger charge is 2.47. The summed E-state index contributed by atoms with van der Waals surface area (Å²) in [4.78, 5) is 23.1. The van der Waals surface area contributed by atoms with Gasteiger partial charge in [-0.15, -0.1) is 0 Å². The fraction of sp³-hybridized carbons (Fsp3) is 0.278. The highest BCUT2D eigenvalue weighted by Crippen LogP contribution is 2.44. The molecule has 0 N–H and O–H groups in total. The molecule has 0 heterocycles. The molecule has 2 aromatic carbocycles. The van der Waals surface area contributed by atoms with Crippen molar-refractivity contribution < 1.29 is 14.5 Å². The summed E-state index contributed by atoms with van der Waals surface area (Å²) in [6.45, 7) is 1.63. The van der Waals surface area contributed by atoms with Crippen molar-refractivity contribution in [2.75, 3.05) is 0 Å². The first-order valence-corrected chi connectivity index (χ1v) is 7.56. The second-order valence-corrected chi connectivity index (χ2v) is 5.90. The minimum absolute atomic E-state index is 0.0196. The van der Waals surface area contributed by atoms with Crippen molar-refractivity contribution in [2.45, 2.75) is 31.6 Å². The summed E-state index contributed by atoms with van der Waals surface area (Å²) >= 11 is 0. The zero-order valence-corrected chi connectivity index (χ0v) is 12.8. The Kier molecular flexibility index (Phi) is 3.86. The minimum Gasteiger partial charge on any atom is -0.426 e. The molecule has 1 fully saturated rings. The molecule has 0 aliphatic heterocycles. The van der Waals surface area contributed by atoms with Gasteiger partial charge in [0.05, 0.1) is 10.3 Å². The first-order chi connectivity index (χ1) is 11.0. The lowest BCUT2D eigenvalue weighted by Gasteiger charge is -2.39. The molecule has 5 heteroatoms. The Morgan fingerprint density at radius 1 is 1.17 bits per heavy atom. The second-order valence-electron chi connectivity index (χ2n) is 5.90. The molecule has 0 spiro atoms. The minimum atomic E-state index is -0.586. The molecule has 5 nitrogen and oxygen atoms in total. The molecule has 0 aromatic heterocycles. The maximum Gasteiger partial charge on any atom is 0.321 e. The van der Waals surface area contributed by atoms with Gasteiger partial charge >= 0.3 is 5.97 Å². The van der Waals surface area contributed by atoms with E-state index in [1.807, 2.05) is 30.3 Å². The maximum atomic E-state index is 12.7. The Labute approximate surface area is 134 Å². The third-order valence-corrected chi connectivity index (χ3v) is 4.50. The van der Waals surface area contributed by atoms with E-state index < -0.39 is 10.3 Å². The van der Waals surface area contributed by atoms with Gasteiger partial charge in [0, 0.05) is 11.6 Å². The monoisotopic (exact) mass is 311 g/mol. The third kappa shape index (κ3) is 2.70. The smallest absolute Gasteiger partial charge is 0.321 e. The number of esters is 1. The molecule has 0 atom stereocenters. The Bertz CT molecular complexity index is 751. The van der Waals surface area contributed by atoms with Crippen LogP contribution in [-0.4, -0.2) is 10.9 Å². The first-order valence-electron chi connectivity index (χ1n) is 7.56. The molecular weight excluding hydrogens is 294 g/mol. The highest BCUT2D eigenvalue weighted by atomic mass is 16.6. The standard InChI is InChI=1S/C18H17NO4/c1-13-12-15(8-9-16(13)19(21)22)23-17(20)18(10-5-11-18)14-6-3-2-4-7-14/h2-4,6-9,12H,5,10-11H2,1H3. The van der Waals surface area contributed by atoms with Gasteiger partial charge in [0.25, 0.3) is 5.69 Å². The van der Waals surface area contributed by atoms with Crippen molar-refractivity contribution in [3.8, 4) is 5.75 Å². The SMILES string of the molecule is Cc1cc(OC(=O)C2(c3ccccc3)CCC2)ccc1[N+](=O)[O-]. The van der Waals surface area contributed by atoms with E-state index in [1.54, 1.807) is 6.92 Å². The van der Waals surface area contributed by atoms with Crippen LogP contribution < -0.4 is 4.74 Å². The van der Waals surface area contributed by atoms with Crippen molar-refractivity contribution in [2.24, 2.45) is 0 Å². The number of benzene rings is 2. The number of carbonyl (C=O) groups is 1. The van der Waals surface area contributed by atoms with Gasteiger partial charge < -0.3 is 4.74 Å². The van der Waals surface area contributed by atoms with E-state index in [1.165, 1.54) is 18.2 Å². The molecular formula is C18H17NO4. The maximum absolute atomic E-state index is 12.7. The lowest BCUT2D eigenvalue weighted by atomic mass is 9.64. The lowest BCUT2D eigenvalue weighted by molar-refractivity contribution is -0.385. The Morgan fingerprint density at radius 2 is 1.87 bits per heavy atom. The number of rotatable bonds is 4. The molecule has 0 bridgehead atoms. The number of hydrogen-bond donors (Lipinski definition) is 0. The molecule has 0 radical (unpaired) electrons. The summed E-state index contributed by atoms with van der Waals surface area (Å²) in [6, 6.07) is 14.0. The summed E-state index contributed by atoms with van der Waals surface area (Å²) in [5, 5.41) is 10.9. The van der Waals surface area contributed by atoms with Crippen LogP contribution in [0, 0.1) is 17.0 Å². The molecule has 3 rings (SSSR count). The molecule has 118 valence electrons. The van der Waals surface area contributed by atoms with Crippen LogP contribution in [0.3, 0.4) is 0 Å². The summed E-state index contributed by atoms with van der Waals surface area (Å²) < 4.78 is 5.53. The lowest BCUT2D eigenvalue weighted by Crippen LogP contribution is -2.45. The summed E-state index contributed by atoms with van der Waals surface area (Å²) in [6.07, 6.45) is 2.52. The van der Waals surface area contributed by atoms with Crippen molar-refractivity contribution in [1.29, 1.82) is 0 Å². The first kappa shape index (κ1) is 15.2. The van der Waals surface area contributed by atoms with Gasteiger partial charge in [-0.3, -0.25) is 14.9 Å². The van der Waals surface area contributed by atoms with Crippen LogP contribution in [0.2, 0.25) is 0 Å². The van der Waals surface area contributed by atoms with E-state index in [2.05, 4.69) is 0 Å². The van der Waals surface area contributed by atoms with Crippen molar-refractivity contribution >= 4 is 11.7 Å². The van der Waals surface area contributed by atoms with E-state index in [-0.39, 0.29) is 11.7 Å². The van der Waals surface area contributed by atoms with Crippen molar-refractivity contribution in [3.63, 3.8) is 0 Å². The van der Waals surface area contributed by atoms with Crippen LogP contribution in [0.25, 0.3) is 0 Å². The van der Waals surface area contributed by atoms with Crippen LogP contribution in [0.4, 0.5) is 5.69 Å². The molecule has 0 unspecified atom stereocenters. The molecule has 1 saturated carbocycles. The number of nitro benzene ring substituents is 1. The van der Waals surface area contributed by atoms with E-state index in [0.29, 0.717) is 11.3 Å². The highest BCUT2D eigenvalue weighted by molar-refractivity contribution is 5.86. The zero-order valence-electron chi connectivity index (χ0n) is 12.8. The molecule has 23 heavy (non-hydrogen) atoms. The number of aryl methyl sites for hydroxylation is 1. The third-order valence-electron chi connectivity index (χ3n) is 4.50. The van der Waals surface area contributed by atoms with E-state index >= 15 is 0 Å². The largest absolute Gasteiger partial charge is 0.426 e. The number of nitro groups is 1. The van der Waals surface area contributed by atoms with E-state index in [9.17, 15) is 14.9 Å². The predicted octanol–water partition coefficient (Wildman–Crippen LogP) is 3.93. The summed E-state index contributed by atoms with van der Waals surface area (Å²) in [7, 11) is 0. The molecule has 0 amide bonds. The molecule has 1 aliphatic carbocycles. The van der Waals surface area contributed by atoms with Crippen molar-refractivity contribution in [1.82, 2.24) is 0 Å². The van der Waals surface area contributed by atoms with Crippen LogP contribution in [0.1, 0.15) is 30.4 Å². The van der Waals surface area contributed by atoms with Gasteiger partial charge in [-0.1, -0.05) is 36.8 Å². The van der Waals surface area contributed by atoms with Gasteiger partial charge in [-0.2, -0.15) is 0 Å². The number of ether oxygens (including phenoxy) is 1. The van der Waals surface area contributed by atoms with E-state index in [4.69, 9.17) is 4.74 Å². The number of carbonyl (C=O) groups excluding carboxylic acids is 1.